The first-order chi connectivity index (χ1) is 14.0. The van der Waals surface area contributed by atoms with Crippen molar-refractivity contribution in [3.05, 3.63) is 60.4 Å². The van der Waals surface area contributed by atoms with Gasteiger partial charge >= 0.3 is 0 Å². The molecule has 0 unspecified atom stereocenters. The zero-order valence-electron chi connectivity index (χ0n) is 16.0. The molecule has 0 spiro atoms. The number of hydrogen-bond donors (Lipinski definition) is 2. The molecule has 1 aliphatic carbocycles. The van der Waals surface area contributed by atoms with E-state index < -0.39 is 9.84 Å². The summed E-state index contributed by atoms with van der Waals surface area (Å²) in [6.45, 7) is 0. The van der Waals surface area contributed by atoms with Gasteiger partial charge in [0.2, 0.25) is 9.84 Å². The second-order valence-electron chi connectivity index (χ2n) is 7.20. The molecule has 0 amide bonds. The summed E-state index contributed by atoms with van der Waals surface area (Å²) < 4.78 is 26.1. The van der Waals surface area contributed by atoms with Gasteiger partial charge in [0.25, 0.3) is 0 Å². The van der Waals surface area contributed by atoms with Crippen molar-refractivity contribution >= 4 is 27.2 Å². The maximum Gasteiger partial charge on any atom is 0.241 e. The van der Waals surface area contributed by atoms with Crippen molar-refractivity contribution < 1.29 is 8.42 Å². The van der Waals surface area contributed by atoms with E-state index in [1.54, 1.807) is 6.07 Å². The molecular formula is C21H23N5O2S. The third-order valence-corrected chi connectivity index (χ3v) is 6.75. The van der Waals surface area contributed by atoms with Crippen molar-refractivity contribution in [1.82, 2.24) is 15.0 Å². The number of nitrogen functional groups attached to an aromatic ring is 1. The second kappa shape index (κ2) is 8.16. The molecule has 0 radical (unpaired) electrons. The maximum atomic E-state index is 13.0. The summed E-state index contributed by atoms with van der Waals surface area (Å²) >= 11 is 0. The minimum absolute atomic E-state index is 0.0615. The van der Waals surface area contributed by atoms with Crippen molar-refractivity contribution in [3.63, 3.8) is 0 Å². The highest BCUT2D eigenvalue weighted by Crippen LogP contribution is 2.37. The van der Waals surface area contributed by atoms with Crippen LogP contribution in [0.3, 0.4) is 0 Å². The lowest BCUT2D eigenvalue weighted by atomic mass is 9.84. The van der Waals surface area contributed by atoms with Gasteiger partial charge < -0.3 is 11.1 Å². The summed E-state index contributed by atoms with van der Waals surface area (Å²) in [5.74, 6) is 1.04. The normalized spacial score (nSPS) is 15.2. The Morgan fingerprint density at radius 1 is 0.931 bits per heavy atom. The number of pyridine rings is 1. The van der Waals surface area contributed by atoms with Gasteiger partial charge in [-0.2, -0.15) is 0 Å². The Bertz CT molecular complexity index is 1100. The van der Waals surface area contributed by atoms with Crippen LogP contribution in [0.5, 0.6) is 0 Å². The smallest absolute Gasteiger partial charge is 0.241 e. The Morgan fingerprint density at radius 3 is 2.41 bits per heavy atom. The van der Waals surface area contributed by atoms with Gasteiger partial charge in [0.1, 0.15) is 18.0 Å². The molecule has 2 aromatic heterocycles. The van der Waals surface area contributed by atoms with Crippen LogP contribution in [0.15, 0.2) is 64.9 Å². The van der Waals surface area contributed by atoms with E-state index >= 15 is 0 Å². The van der Waals surface area contributed by atoms with Crippen LogP contribution in [-0.4, -0.2) is 23.4 Å². The van der Waals surface area contributed by atoms with E-state index in [0.717, 1.165) is 30.4 Å². The quantitative estimate of drug-likeness (QED) is 0.611. The molecule has 7 nitrogen and oxygen atoms in total. The molecule has 1 aliphatic rings. The molecule has 1 fully saturated rings. The molecule has 0 atom stereocenters. The molecule has 150 valence electrons. The van der Waals surface area contributed by atoms with Gasteiger partial charge in [-0.15, -0.1) is 0 Å². The minimum Gasteiger partial charge on any atom is -0.384 e. The molecular weight excluding hydrogens is 386 g/mol. The molecule has 0 aliphatic heterocycles. The Kier molecular flexibility index (Phi) is 5.44. The summed E-state index contributed by atoms with van der Waals surface area (Å²) in [5.41, 5.74) is 7.55. The predicted molar refractivity (Wildman–Crippen MR) is 112 cm³/mol. The van der Waals surface area contributed by atoms with Crippen molar-refractivity contribution in [2.75, 3.05) is 11.1 Å². The predicted octanol–water partition coefficient (Wildman–Crippen LogP) is 4.08. The van der Waals surface area contributed by atoms with E-state index in [0.29, 0.717) is 11.7 Å². The molecule has 8 heteroatoms. The van der Waals surface area contributed by atoms with E-state index in [1.165, 1.54) is 25.3 Å². The largest absolute Gasteiger partial charge is 0.384 e. The topological polar surface area (TPSA) is 111 Å². The molecule has 1 aromatic carbocycles. The van der Waals surface area contributed by atoms with Crippen molar-refractivity contribution in [2.24, 2.45) is 0 Å². The summed E-state index contributed by atoms with van der Waals surface area (Å²) in [4.78, 5) is 12.2. The van der Waals surface area contributed by atoms with Crippen LogP contribution in [0.1, 0.15) is 43.6 Å². The number of para-hydroxylation sites is 1. The fourth-order valence-corrected chi connectivity index (χ4v) is 4.85. The number of sulfone groups is 1. The van der Waals surface area contributed by atoms with Crippen LogP contribution < -0.4 is 11.1 Å². The highest BCUT2D eigenvalue weighted by Gasteiger charge is 2.25. The van der Waals surface area contributed by atoms with Crippen LogP contribution in [0.25, 0.3) is 0 Å². The van der Waals surface area contributed by atoms with Crippen LogP contribution in [0.2, 0.25) is 0 Å². The lowest BCUT2D eigenvalue weighted by Crippen LogP contribution is -2.13. The van der Waals surface area contributed by atoms with Crippen LogP contribution in [0.4, 0.5) is 17.3 Å². The Balaban J connectivity index is 1.77. The number of hydrogen-bond acceptors (Lipinski definition) is 7. The Labute approximate surface area is 170 Å². The van der Waals surface area contributed by atoms with Crippen molar-refractivity contribution in [3.8, 4) is 0 Å². The third kappa shape index (κ3) is 4.22. The van der Waals surface area contributed by atoms with Crippen molar-refractivity contribution in [1.29, 1.82) is 0 Å². The highest BCUT2D eigenvalue weighted by atomic mass is 32.2. The molecule has 0 saturated heterocycles. The number of nitrogens with two attached hydrogens (primary N) is 1. The van der Waals surface area contributed by atoms with Gasteiger partial charge in [-0.25, -0.2) is 23.4 Å². The number of aromatic nitrogens is 3. The fourth-order valence-electron chi connectivity index (χ4n) is 3.71. The highest BCUT2D eigenvalue weighted by molar-refractivity contribution is 7.91. The SMILES string of the molecule is Nc1cc(S(=O)(=O)c2ccc(C3CCCCC3)c(Nc3ccccc3)n2)ncn1. The number of benzene rings is 1. The van der Waals surface area contributed by atoms with Gasteiger partial charge in [-0.05, 0) is 42.5 Å². The molecule has 3 aromatic rings. The third-order valence-electron chi connectivity index (χ3n) is 5.20. The number of anilines is 3. The summed E-state index contributed by atoms with van der Waals surface area (Å²) in [5, 5.41) is 3.09. The average Bonchev–Trinajstić information content (AvgIpc) is 2.75. The van der Waals surface area contributed by atoms with Crippen LogP contribution >= 0.6 is 0 Å². The molecule has 0 bridgehead atoms. The van der Waals surface area contributed by atoms with Gasteiger partial charge in [0.05, 0.1) is 0 Å². The van der Waals surface area contributed by atoms with E-state index in [1.807, 2.05) is 36.4 Å². The van der Waals surface area contributed by atoms with Gasteiger partial charge in [-0.3, -0.25) is 0 Å². The first-order valence-corrected chi connectivity index (χ1v) is 11.2. The lowest BCUT2D eigenvalue weighted by Gasteiger charge is -2.24. The fraction of sp³-hybridized carbons (Fsp3) is 0.286. The summed E-state index contributed by atoms with van der Waals surface area (Å²) in [7, 11) is -3.91. The average molecular weight is 410 g/mol. The van der Waals surface area contributed by atoms with Crippen LogP contribution in [-0.2, 0) is 9.84 Å². The second-order valence-corrected chi connectivity index (χ2v) is 9.04. The lowest BCUT2D eigenvalue weighted by molar-refractivity contribution is 0.443. The molecule has 2 heterocycles. The Morgan fingerprint density at radius 2 is 1.69 bits per heavy atom. The zero-order chi connectivity index (χ0) is 20.3. The Hall–Kier alpha value is -3.00. The number of nitrogens with one attached hydrogen (secondary N) is 1. The maximum absolute atomic E-state index is 13.0. The van der Waals surface area contributed by atoms with E-state index in [9.17, 15) is 8.42 Å². The molecule has 4 rings (SSSR count). The first-order valence-electron chi connectivity index (χ1n) is 9.69. The van der Waals surface area contributed by atoms with E-state index in [4.69, 9.17) is 5.73 Å². The molecule has 29 heavy (non-hydrogen) atoms. The van der Waals surface area contributed by atoms with E-state index in [-0.39, 0.29) is 15.9 Å². The van der Waals surface area contributed by atoms with Gasteiger partial charge in [0, 0.05) is 11.8 Å². The summed E-state index contributed by atoms with van der Waals surface area (Å²) in [6.07, 6.45) is 6.90. The minimum atomic E-state index is -3.91. The summed E-state index contributed by atoms with van der Waals surface area (Å²) in [6, 6.07) is 14.3. The number of rotatable bonds is 5. The standard InChI is InChI=1S/C21H23N5O2S/c22-18-13-20(24-14-23-18)29(27,28)19-12-11-17(15-7-3-1-4-8-15)21(26-19)25-16-9-5-2-6-10-16/h2,5-6,9-15H,1,3-4,7-8H2,(H,25,26)(H2,22,23,24). The van der Waals surface area contributed by atoms with Gasteiger partial charge in [-0.1, -0.05) is 43.5 Å². The van der Waals surface area contributed by atoms with Crippen molar-refractivity contribution in [2.45, 2.75) is 48.1 Å². The monoisotopic (exact) mass is 409 g/mol. The first kappa shape index (κ1) is 19.3. The van der Waals surface area contributed by atoms with E-state index in [2.05, 4.69) is 20.3 Å². The molecule has 3 N–H and O–H groups in total. The van der Waals surface area contributed by atoms with Gasteiger partial charge in [0.15, 0.2) is 10.1 Å². The zero-order valence-corrected chi connectivity index (χ0v) is 16.8. The number of nitrogens with zero attached hydrogens (tertiary/aromatic N) is 3. The van der Waals surface area contributed by atoms with Crippen LogP contribution in [0, 0.1) is 0 Å². The molecule has 1 saturated carbocycles.